The Kier molecular flexibility index (Phi) is 4.92. The molecular weight excluding hydrogens is 390 g/mol. The Bertz CT molecular complexity index is 1210. The average Bonchev–Trinajstić information content (AvgIpc) is 3.47. The smallest absolute Gasteiger partial charge is 0.206 e. The van der Waals surface area contributed by atoms with Gasteiger partial charge >= 0.3 is 0 Å². The van der Waals surface area contributed by atoms with Crippen molar-refractivity contribution in [1.82, 2.24) is 40.2 Å². The monoisotopic (exact) mass is 420 g/mol. The number of aromatic nitrogens is 8. The summed E-state index contributed by atoms with van der Waals surface area (Å²) in [6.45, 7) is 10.2. The van der Waals surface area contributed by atoms with Crippen molar-refractivity contribution in [1.29, 1.82) is 0 Å². The summed E-state index contributed by atoms with van der Waals surface area (Å²) in [7, 11) is 0. The molecule has 0 bridgehead atoms. The van der Waals surface area contributed by atoms with E-state index in [4.69, 9.17) is 0 Å². The van der Waals surface area contributed by atoms with Crippen LogP contribution in [0.15, 0.2) is 24.3 Å². The van der Waals surface area contributed by atoms with E-state index in [2.05, 4.69) is 83.0 Å². The second-order valence-corrected chi connectivity index (χ2v) is 9.82. The molecule has 162 valence electrons. The number of rotatable bonds is 5. The fourth-order valence-electron chi connectivity index (χ4n) is 4.88. The number of aryl methyl sites for hydroxylation is 1. The first-order valence-corrected chi connectivity index (χ1v) is 11.1. The van der Waals surface area contributed by atoms with E-state index >= 15 is 0 Å². The van der Waals surface area contributed by atoms with Gasteiger partial charge in [-0.2, -0.15) is 4.52 Å². The highest BCUT2D eigenvalue weighted by Gasteiger charge is 2.31. The van der Waals surface area contributed by atoms with Crippen LogP contribution in [-0.4, -0.2) is 46.3 Å². The SMILES string of the molecule is Cc1ccc2c(c1)cc(C[NH+](Cc1nnnn1C(C)(C)C)C1CCCC1)c1nnnn12. The quantitative estimate of drug-likeness (QED) is 0.530. The van der Waals surface area contributed by atoms with E-state index in [0.717, 1.165) is 30.1 Å². The van der Waals surface area contributed by atoms with Crippen molar-refractivity contribution in [2.45, 2.75) is 78.0 Å². The third-order valence-electron chi connectivity index (χ3n) is 6.40. The van der Waals surface area contributed by atoms with Gasteiger partial charge in [0.1, 0.15) is 13.1 Å². The molecule has 1 aromatic carbocycles. The van der Waals surface area contributed by atoms with Crippen LogP contribution in [0.5, 0.6) is 0 Å². The molecule has 1 fully saturated rings. The molecule has 31 heavy (non-hydrogen) atoms. The Morgan fingerprint density at radius 3 is 2.55 bits per heavy atom. The minimum absolute atomic E-state index is 0.149. The van der Waals surface area contributed by atoms with Gasteiger partial charge in [0.2, 0.25) is 5.82 Å². The lowest BCUT2D eigenvalue weighted by molar-refractivity contribution is -0.952. The molecule has 4 aromatic rings. The van der Waals surface area contributed by atoms with Crippen LogP contribution in [0.4, 0.5) is 0 Å². The van der Waals surface area contributed by atoms with E-state index in [-0.39, 0.29) is 5.54 Å². The fourth-order valence-corrected chi connectivity index (χ4v) is 4.88. The highest BCUT2D eigenvalue weighted by Crippen LogP contribution is 2.21. The second kappa shape index (κ2) is 7.64. The zero-order valence-electron chi connectivity index (χ0n) is 18.7. The first kappa shape index (κ1) is 20.0. The molecular formula is C22H30N9+. The lowest BCUT2D eigenvalue weighted by atomic mass is 10.1. The van der Waals surface area contributed by atoms with Crippen LogP contribution in [-0.2, 0) is 18.6 Å². The number of benzene rings is 1. The predicted molar refractivity (Wildman–Crippen MR) is 116 cm³/mol. The number of tetrazole rings is 2. The Hall–Kier alpha value is -2.94. The van der Waals surface area contributed by atoms with Crippen LogP contribution in [0, 0.1) is 6.92 Å². The summed E-state index contributed by atoms with van der Waals surface area (Å²) in [5, 5.41) is 26.4. The lowest BCUT2D eigenvalue weighted by Gasteiger charge is -2.27. The van der Waals surface area contributed by atoms with Crippen LogP contribution < -0.4 is 4.90 Å². The molecule has 0 spiro atoms. The summed E-state index contributed by atoms with van der Waals surface area (Å²) in [4.78, 5) is 1.48. The molecule has 0 aliphatic heterocycles. The number of nitrogens with one attached hydrogen (secondary N) is 1. The fraction of sp³-hybridized carbons (Fsp3) is 0.545. The third-order valence-corrected chi connectivity index (χ3v) is 6.40. The number of nitrogens with zero attached hydrogens (tertiary/aromatic N) is 8. The molecule has 1 saturated carbocycles. The molecule has 0 radical (unpaired) electrons. The Morgan fingerprint density at radius 1 is 1.00 bits per heavy atom. The number of pyridine rings is 1. The van der Waals surface area contributed by atoms with Gasteiger partial charge < -0.3 is 4.90 Å². The standard InChI is InChI=1S/C22H29N9/c1-15-9-10-19-16(11-15)12-17(21-24-26-27-30(19)21)13-29(18-7-5-6-8-18)14-20-23-25-28-31(20)22(2,3)4/h9-12,18H,5-8,13-14H2,1-4H3/p+1. The normalized spacial score (nSPS) is 16.5. The molecule has 1 atom stereocenters. The van der Waals surface area contributed by atoms with Gasteiger partial charge in [0.05, 0.1) is 22.7 Å². The minimum atomic E-state index is -0.149. The highest BCUT2D eigenvalue weighted by molar-refractivity contribution is 5.83. The third kappa shape index (κ3) is 3.78. The van der Waals surface area contributed by atoms with Gasteiger partial charge in [0.25, 0.3) is 0 Å². The summed E-state index contributed by atoms with van der Waals surface area (Å²) in [5.74, 6) is 0.932. The molecule has 9 nitrogen and oxygen atoms in total. The number of hydrogen-bond acceptors (Lipinski definition) is 6. The average molecular weight is 421 g/mol. The predicted octanol–water partition coefficient (Wildman–Crippen LogP) is 1.86. The minimum Gasteiger partial charge on any atom is -0.322 e. The summed E-state index contributed by atoms with van der Waals surface area (Å²) in [5.41, 5.74) is 4.12. The maximum Gasteiger partial charge on any atom is 0.206 e. The van der Waals surface area contributed by atoms with Gasteiger partial charge in [-0.15, -0.1) is 10.2 Å². The zero-order valence-corrected chi connectivity index (χ0v) is 18.7. The van der Waals surface area contributed by atoms with Crippen LogP contribution in [0.1, 0.15) is 63.4 Å². The van der Waals surface area contributed by atoms with Gasteiger partial charge in [-0.1, -0.05) is 11.6 Å². The van der Waals surface area contributed by atoms with Crippen molar-refractivity contribution in [2.75, 3.05) is 0 Å². The first-order chi connectivity index (χ1) is 14.9. The molecule has 3 heterocycles. The summed E-state index contributed by atoms with van der Waals surface area (Å²) in [6, 6.07) is 9.25. The molecule has 9 heteroatoms. The van der Waals surface area contributed by atoms with Gasteiger partial charge in [0.15, 0.2) is 5.65 Å². The lowest BCUT2D eigenvalue weighted by Crippen LogP contribution is -3.13. The molecule has 1 N–H and O–H groups in total. The Labute approximate surface area is 181 Å². The van der Waals surface area contributed by atoms with Gasteiger partial charge in [-0.25, -0.2) is 4.68 Å². The molecule has 5 rings (SSSR count). The van der Waals surface area contributed by atoms with Gasteiger partial charge in [-0.3, -0.25) is 0 Å². The summed E-state index contributed by atoms with van der Waals surface area (Å²) < 4.78 is 3.83. The van der Waals surface area contributed by atoms with Crippen LogP contribution in [0.2, 0.25) is 0 Å². The summed E-state index contributed by atoms with van der Waals surface area (Å²) >= 11 is 0. The number of hydrogen-bond donors (Lipinski definition) is 1. The van der Waals surface area contributed by atoms with Crippen molar-refractivity contribution in [3.63, 3.8) is 0 Å². The molecule has 1 aliphatic rings. The topological polar surface area (TPSA) is 91.1 Å². The van der Waals surface area contributed by atoms with Crippen LogP contribution >= 0.6 is 0 Å². The van der Waals surface area contributed by atoms with Crippen molar-refractivity contribution < 1.29 is 4.90 Å². The van der Waals surface area contributed by atoms with Crippen molar-refractivity contribution in [2.24, 2.45) is 0 Å². The second-order valence-electron chi connectivity index (χ2n) is 9.82. The maximum atomic E-state index is 4.38. The van der Waals surface area contributed by atoms with Gasteiger partial charge in [-0.05, 0) is 92.4 Å². The zero-order chi connectivity index (χ0) is 21.6. The van der Waals surface area contributed by atoms with E-state index in [1.54, 1.807) is 0 Å². The number of fused-ring (bicyclic) bond motifs is 3. The Morgan fingerprint density at radius 2 is 1.77 bits per heavy atom. The van der Waals surface area contributed by atoms with E-state index in [9.17, 15) is 0 Å². The molecule has 1 unspecified atom stereocenters. The Balaban J connectivity index is 1.55. The molecule has 3 aromatic heterocycles. The van der Waals surface area contributed by atoms with Crippen molar-refractivity contribution in [3.8, 4) is 0 Å². The molecule has 0 amide bonds. The summed E-state index contributed by atoms with van der Waals surface area (Å²) in [6.07, 6.45) is 5.05. The van der Waals surface area contributed by atoms with E-state index < -0.39 is 0 Å². The van der Waals surface area contributed by atoms with Crippen molar-refractivity contribution in [3.05, 3.63) is 41.2 Å². The maximum absolute atomic E-state index is 4.38. The van der Waals surface area contributed by atoms with E-state index in [1.165, 1.54) is 47.1 Å². The molecule has 1 aliphatic carbocycles. The van der Waals surface area contributed by atoms with Crippen LogP contribution in [0.3, 0.4) is 0 Å². The van der Waals surface area contributed by atoms with Crippen molar-refractivity contribution >= 4 is 16.6 Å². The van der Waals surface area contributed by atoms with Gasteiger partial charge in [0, 0.05) is 5.39 Å². The van der Waals surface area contributed by atoms with E-state index in [0.29, 0.717) is 6.04 Å². The highest BCUT2D eigenvalue weighted by atomic mass is 15.6. The first-order valence-electron chi connectivity index (χ1n) is 11.1. The van der Waals surface area contributed by atoms with Crippen LogP contribution in [0.25, 0.3) is 16.6 Å². The number of quaternary nitrogens is 1. The van der Waals surface area contributed by atoms with E-state index in [1.807, 2.05) is 9.20 Å². The largest absolute Gasteiger partial charge is 0.322 e. The molecule has 0 saturated heterocycles.